The summed E-state index contributed by atoms with van der Waals surface area (Å²) in [5.41, 5.74) is 6.94. The molecule has 7 heteroatoms. The highest BCUT2D eigenvalue weighted by Crippen LogP contribution is 2.28. The molecule has 0 aliphatic rings. The lowest BCUT2D eigenvalue weighted by molar-refractivity contribution is 0.146. The highest BCUT2D eigenvalue weighted by molar-refractivity contribution is 14.0. The van der Waals surface area contributed by atoms with Gasteiger partial charge in [-0.2, -0.15) is 0 Å². The highest BCUT2D eigenvalue weighted by Gasteiger charge is 2.06. The van der Waals surface area contributed by atoms with Crippen LogP contribution in [-0.4, -0.2) is 39.4 Å². The summed E-state index contributed by atoms with van der Waals surface area (Å²) in [5.74, 6) is 1.34. The van der Waals surface area contributed by atoms with Gasteiger partial charge < -0.3 is 20.5 Å². The van der Waals surface area contributed by atoms with Crippen LogP contribution in [0.4, 0.5) is 0 Å². The molecule has 1 aromatic carbocycles. The Kier molecular flexibility index (Phi) is 12.6. The fourth-order valence-corrected chi connectivity index (χ4v) is 2.44. The molecule has 22 heavy (non-hydrogen) atoms. The Bertz CT molecular complexity index is 458. The molecular formula is C15H25BrIN3O2. The van der Waals surface area contributed by atoms with E-state index < -0.39 is 0 Å². The molecule has 0 aromatic heterocycles. The van der Waals surface area contributed by atoms with Gasteiger partial charge in [0.1, 0.15) is 5.75 Å². The van der Waals surface area contributed by atoms with Crippen LogP contribution in [0.2, 0.25) is 0 Å². The van der Waals surface area contributed by atoms with E-state index in [0.717, 1.165) is 41.8 Å². The highest BCUT2D eigenvalue weighted by atomic mass is 127. The molecule has 0 saturated heterocycles. The maximum atomic E-state index is 5.81. The third-order valence-electron chi connectivity index (χ3n) is 2.89. The second-order valence-electron chi connectivity index (χ2n) is 4.43. The number of benzene rings is 1. The minimum Gasteiger partial charge on any atom is -0.495 e. The van der Waals surface area contributed by atoms with Crippen LogP contribution in [0.3, 0.4) is 0 Å². The lowest BCUT2D eigenvalue weighted by Gasteiger charge is -2.11. The maximum absolute atomic E-state index is 5.81. The van der Waals surface area contributed by atoms with Gasteiger partial charge >= 0.3 is 0 Å². The Morgan fingerprint density at radius 3 is 2.86 bits per heavy atom. The number of nitrogens with zero attached hydrogens (tertiary/aromatic N) is 1. The number of ether oxygens (including phenoxy) is 2. The van der Waals surface area contributed by atoms with Crippen LogP contribution < -0.4 is 15.8 Å². The van der Waals surface area contributed by atoms with Crippen molar-refractivity contribution in [3.8, 4) is 5.75 Å². The minimum atomic E-state index is 0. The standard InChI is InChI=1S/C15H24BrN3O2.HI/c1-3-21-11-5-9-18-15(17)19-10-8-12-6-4-7-13(16)14(12)20-2;/h4,6-7H,3,5,8-11H2,1-2H3,(H3,17,18,19);1H. The van der Waals surface area contributed by atoms with Gasteiger partial charge in [-0.25, -0.2) is 0 Å². The molecule has 0 aliphatic heterocycles. The molecular weight excluding hydrogens is 461 g/mol. The molecule has 126 valence electrons. The van der Waals surface area contributed by atoms with Crippen molar-refractivity contribution in [3.05, 3.63) is 28.2 Å². The smallest absolute Gasteiger partial charge is 0.188 e. The van der Waals surface area contributed by atoms with Gasteiger partial charge in [-0.3, -0.25) is 4.99 Å². The average Bonchev–Trinajstić information content (AvgIpc) is 2.47. The first kappa shape index (κ1) is 21.5. The van der Waals surface area contributed by atoms with Gasteiger partial charge in [0.2, 0.25) is 0 Å². The van der Waals surface area contributed by atoms with Crippen molar-refractivity contribution >= 4 is 45.9 Å². The van der Waals surface area contributed by atoms with Crippen molar-refractivity contribution in [1.82, 2.24) is 5.32 Å². The van der Waals surface area contributed by atoms with Crippen LogP contribution in [0, 0.1) is 0 Å². The van der Waals surface area contributed by atoms with Gasteiger partial charge in [0.15, 0.2) is 5.96 Å². The number of hydrogen-bond acceptors (Lipinski definition) is 3. The molecule has 0 aliphatic carbocycles. The molecule has 1 rings (SSSR count). The number of para-hydroxylation sites is 1. The number of methoxy groups -OCH3 is 1. The Morgan fingerprint density at radius 1 is 1.41 bits per heavy atom. The second kappa shape index (κ2) is 13.0. The number of nitrogens with two attached hydrogens (primary N) is 1. The van der Waals surface area contributed by atoms with Crippen LogP contribution in [0.1, 0.15) is 18.9 Å². The zero-order valence-electron chi connectivity index (χ0n) is 13.1. The Labute approximate surface area is 158 Å². The number of aliphatic imine (C=N–C) groups is 1. The molecule has 0 amide bonds. The Hall–Kier alpha value is -0.540. The fraction of sp³-hybridized carbons (Fsp3) is 0.533. The third-order valence-corrected chi connectivity index (χ3v) is 3.51. The first-order valence-electron chi connectivity index (χ1n) is 7.12. The molecule has 0 fully saturated rings. The van der Waals surface area contributed by atoms with Crippen molar-refractivity contribution in [2.24, 2.45) is 10.7 Å². The summed E-state index contributed by atoms with van der Waals surface area (Å²) in [6, 6.07) is 6.00. The summed E-state index contributed by atoms with van der Waals surface area (Å²) in [5, 5.41) is 3.11. The molecule has 5 nitrogen and oxygen atoms in total. The summed E-state index contributed by atoms with van der Waals surface area (Å²) < 4.78 is 11.6. The van der Waals surface area contributed by atoms with Crippen molar-refractivity contribution in [2.75, 3.05) is 33.4 Å². The van der Waals surface area contributed by atoms with Gasteiger partial charge in [0, 0.05) is 26.3 Å². The van der Waals surface area contributed by atoms with E-state index in [0.29, 0.717) is 19.0 Å². The van der Waals surface area contributed by atoms with E-state index in [-0.39, 0.29) is 24.0 Å². The number of hydrogen-bond donors (Lipinski definition) is 2. The number of nitrogens with one attached hydrogen (secondary N) is 1. The van der Waals surface area contributed by atoms with Crippen LogP contribution in [0.5, 0.6) is 5.75 Å². The lowest BCUT2D eigenvalue weighted by Crippen LogP contribution is -2.33. The SMILES string of the molecule is CCOCCCN=C(N)NCCc1cccc(Br)c1OC.I. The monoisotopic (exact) mass is 485 g/mol. The quantitative estimate of drug-likeness (QED) is 0.244. The summed E-state index contributed by atoms with van der Waals surface area (Å²) in [4.78, 5) is 4.25. The summed E-state index contributed by atoms with van der Waals surface area (Å²) >= 11 is 3.48. The van der Waals surface area contributed by atoms with Gasteiger partial charge in [-0.15, -0.1) is 24.0 Å². The van der Waals surface area contributed by atoms with Crippen LogP contribution in [-0.2, 0) is 11.2 Å². The lowest BCUT2D eigenvalue weighted by atomic mass is 10.1. The van der Waals surface area contributed by atoms with E-state index >= 15 is 0 Å². The van der Waals surface area contributed by atoms with E-state index in [9.17, 15) is 0 Å². The first-order valence-corrected chi connectivity index (χ1v) is 7.91. The van der Waals surface area contributed by atoms with Crippen molar-refractivity contribution in [2.45, 2.75) is 19.8 Å². The largest absolute Gasteiger partial charge is 0.495 e. The predicted molar refractivity (Wildman–Crippen MR) is 105 cm³/mol. The fourth-order valence-electron chi connectivity index (χ4n) is 1.87. The van der Waals surface area contributed by atoms with Crippen LogP contribution in [0.25, 0.3) is 0 Å². The predicted octanol–water partition coefficient (Wildman–Crippen LogP) is 2.95. The van der Waals surface area contributed by atoms with E-state index in [4.69, 9.17) is 15.2 Å². The zero-order chi connectivity index (χ0) is 15.5. The molecule has 0 bridgehead atoms. The molecule has 0 radical (unpaired) electrons. The van der Waals surface area contributed by atoms with Crippen LogP contribution in [0.15, 0.2) is 27.7 Å². The first-order chi connectivity index (χ1) is 10.2. The number of rotatable bonds is 9. The molecule has 0 atom stereocenters. The molecule has 3 N–H and O–H groups in total. The van der Waals surface area contributed by atoms with Gasteiger partial charge in [-0.1, -0.05) is 12.1 Å². The van der Waals surface area contributed by atoms with Crippen LogP contribution >= 0.6 is 39.9 Å². The zero-order valence-corrected chi connectivity index (χ0v) is 17.0. The van der Waals surface area contributed by atoms with Crippen molar-refractivity contribution in [3.63, 3.8) is 0 Å². The van der Waals surface area contributed by atoms with Crippen molar-refractivity contribution < 1.29 is 9.47 Å². The van der Waals surface area contributed by atoms with Gasteiger partial charge in [-0.05, 0) is 47.3 Å². The Morgan fingerprint density at radius 2 is 2.18 bits per heavy atom. The van der Waals surface area contributed by atoms with E-state index in [1.807, 2.05) is 25.1 Å². The normalized spacial score (nSPS) is 11.0. The molecule has 0 spiro atoms. The average molecular weight is 486 g/mol. The molecule has 0 saturated carbocycles. The number of guanidine groups is 1. The van der Waals surface area contributed by atoms with E-state index in [1.165, 1.54) is 0 Å². The molecule has 1 aromatic rings. The Balaban J connectivity index is 0.00000441. The van der Waals surface area contributed by atoms with E-state index in [2.05, 4.69) is 26.2 Å². The van der Waals surface area contributed by atoms with Crippen molar-refractivity contribution in [1.29, 1.82) is 0 Å². The third kappa shape index (κ3) is 8.19. The minimum absolute atomic E-state index is 0. The molecule has 0 unspecified atom stereocenters. The summed E-state index contributed by atoms with van der Waals surface area (Å²) in [7, 11) is 1.67. The number of halogens is 2. The van der Waals surface area contributed by atoms with Gasteiger partial charge in [0.25, 0.3) is 0 Å². The van der Waals surface area contributed by atoms with E-state index in [1.54, 1.807) is 7.11 Å². The maximum Gasteiger partial charge on any atom is 0.188 e. The topological polar surface area (TPSA) is 68.9 Å². The second-order valence-corrected chi connectivity index (χ2v) is 5.28. The summed E-state index contributed by atoms with van der Waals surface area (Å²) in [6.45, 7) is 4.84. The van der Waals surface area contributed by atoms with Gasteiger partial charge in [0.05, 0.1) is 11.6 Å². The molecule has 0 heterocycles. The summed E-state index contributed by atoms with van der Waals surface area (Å²) in [6.07, 6.45) is 1.70.